The summed E-state index contributed by atoms with van der Waals surface area (Å²) in [6, 6.07) is 0. The van der Waals surface area contributed by atoms with Crippen molar-refractivity contribution in [3.8, 4) is 0 Å². The molecule has 2 nitrogen and oxygen atoms in total. The van der Waals surface area contributed by atoms with Crippen LogP contribution in [-0.2, 0) is 4.79 Å². The molecule has 0 aliphatic heterocycles. The van der Waals surface area contributed by atoms with Gasteiger partial charge < -0.3 is 5.11 Å². The van der Waals surface area contributed by atoms with Crippen LogP contribution in [0.15, 0.2) is 11.8 Å². The van der Waals surface area contributed by atoms with E-state index in [9.17, 15) is 9.90 Å². The Morgan fingerprint density at radius 2 is 1.78 bits per heavy atom. The van der Waals surface area contributed by atoms with Gasteiger partial charge in [-0.2, -0.15) is 0 Å². The van der Waals surface area contributed by atoms with Crippen molar-refractivity contribution in [3.63, 3.8) is 0 Å². The van der Waals surface area contributed by atoms with Gasteiger partial charge >= 0.3 is 0 Å². The molecule has 0 radical (unpaired) electrons. The molecule has 0 aromatic heterocycles. The van der Waals surface area contributed by atoms with Crippen LogP contribution in [0.5, 0.6) is 0 Å². The fourth-order valence-electron chi connectivity index (χ4n) is 3.47. The molecule has 0 saturated heterocycles. The Bertz CT molecular complexity index is 365. The second-order valence-electron chi connectivity index (χ2n) is 7.07. The van der Waals surface area contributed by atoms with Crippen LogP contribution in [0.2, 0.25) is 0 Å². The first-order valence-electron chi connectivity index (χ1n) is 7.31. The Morgan fingerprint density at radius 3 is 2.28 bits per heavy atom. The zero-order valence-electron chi connectivity index (χ0n) is 12.0. The van der Waals surface area contributed by atoms with E-state index in [1.807, 2.05) is 6.92 Å². The van der Waals surface area contributed by atoms with Crippen molar-refractivity contribution in [3.05, 3.63) is 11.8 Å². The van der Waals surface area contributed by atoms with Gasteiger partial charge in [-0.05, 0) is 31.6 Å². The lowest BCUT2D eigenvalue weighted by atomic mass is 9.66. The largest absolute Gasteiger partial charge is 0.512 e. The number of hydrogen-bond donors (Lipinski definition) is 1. The zero-order valence-corrected chi connectivity index (χ0v) is 12.0. The number of carbonyl (C=O) groups is 1. The van der Waals surface area contributed by atoms with E-state index in [4.69, 9.17) is 0 Å². The molecular weight excluding hydrogens is 224 g/mol. The van der Waals surface area contributed by atoms with Crippen LogP contribution in [0.4, 0.5) is 0 Å². The first-order chi connectivity index (χ1) is 8.36. The van der Waals surface area contributed by atoms with Crippen LogP contribution in [0.1, 0.15) is 65.7 Å². The van der Waals surface area contributed by atoms with E-state index in [-0.39, 0.29) is 16.6 Å². The third kappa shape index (κ3) is 2.48. The number of rotatable bonds is 3. The van der Waals surface area contributed by atoms with E-state index in [2.05, 4.69) is 13.8 Å². The van der Waals surface area contributed by atoms with Crippen LogP contribution < -0.4 is 0 Å². The van der Waals surface area contributed by atoms with Crippen LogP contribution in [0.25, 0.3) is 0 Å². The molecule has 0 aromatic carbocycles. The fraction of sp³-hybridized carbons (Fsp3) is 0.812. The highest BCUT2D eigenvalue weighted by Gasteiger charge is 2.40. The summed E-state index contributed by atoms with van der Waals surface area (Å²) in [4.78, 5) is 12.2. The smallest absolute Gasteiger partial charge is 0.164 e. The average molecular weight is 250 g/mol. The number of carbonyl (C=O) groups excluding carboxylic acids is 1. The minimum atomic E-state index is -0.190. The molecular formula is C16H26O2. The van der Waals surface area contributed by atoms with Gasteiger partial charge in [0.2, 0.25) is 0 Å². The average Bonchev–Trinajstić information content (AvgIpc) is 2.25. The van der Waals surface area contributed by atoms with Crippen LogP contribution in [0, 0.1) is 16.7 Å². The topological polar surface area (TPSA) is 37.3 Å². The molecule has 0 spiro atoms. The van der Waals surface area contributed by atoms with Gasteiger partial charge in [-0.1, -0.05) is 40.0 Å². The molecule has 2 rings (SSSR count). The molecule has 1 N–H and O–H groups in total. The second-order valence-corrected chi connectivity index (χ2v) is 7.07. The number of aliphatic hydroxyl groups is 1. The van der Waals surface area contributed by atoms with Crippen molar-refractivity contribution in [1.82, 2.24) is 0 Å². The second kappa shape index (κ2) is 4.71. The summed E-state index contributed by atoms with van der Waals surface area (Å²) in [5.74, 6) is 1.10. The zero-order chi connectivity index (χ0) is 13.4. The Labute approximate surface area is 110 Å². The predicted octanol–water partition coefficient (Wildman–Crippen LogP) is 4.40. The van der Waals surface area contributed by atoms with Gasteiger partial charge in [-0.3, -0.25) is 4.79 Å². The maximum Gasteiger partial charge on any atom is 0.164 e. The van der Waals surface area contributed by atoms with E-state index in [1.165, 1.54) is 12.5 Å². The van der Waals surface area contributed by atoms with Gasteiger partial charge in [-0.25, -0.2) is 0 Å². The first-order valence-corrected chi connectivity index (χ1v) is 7.31. The maximum absolute atomic E-state index is 12.2. The van der Waals surface area contributed by atoms with E-state index in [0.717, 1.165) is 38.5 Å². The van der Waals surface area contributed by atoms with Crippen LogP contribution in [0.3, 0.4) is 0 Å². The monoisotopic (exact) mass is 250 g/mol. The third-order valence-electron chi connectivity index (χ3n) is 5.16. The van der Waals surface area contributed by atoms with Crippen molar-refractivity contribution in [2.45, 2.75) is 65.7 Å². The van der Waals surface area contributed by atoms with Gasteiger partial charge in [0.15, 0.2) is 5.78 Å². The summed E-state index contributed by atoms with van der Waals surface area (Å²) >= 11 is 0. The van der Waals surface area contributed by atoms with Crippen molar-refractivity contribution in [2.75, 3.05) is 0 Å². The molecule has 2 aliphatic rings. The van der Waals surface area contributed by atoms with Crippen LogP contribution >= 0.6 is 0 Å². The molecule has 0 amide bonds. The van der Waals surface area contributed by atoms with Gasteiger partial charge in [0.25, 0.3) is 0 Å². The maximum atomic E-state index is 12.2. The summed E-state index contributed by atoms with van der Waals surface area (Å²) in [6.07, 6.45) is 9.03. The van der Waals surface area contributed by atoms with E-state index < -0.39 is 0 Å². The quantitative estimate of drug-likeness (QED) is 0.595. The van der Waals surface area contributed by atoms with Crippen molar-refractivity contribution in [1.29, 1.82) is 0 Å². The lowest BCUT2D eigenvalue weighted by molar-refractivity contribution is -0.127. The lowest BCUT2D eigenvalue weighted by Gasteiger charge is -2.38. The van der Waals surface area contributed by atoms with E-state index in [0.29, 0.717) is 11.7 Å². The molecule has 0 aromatic rings. The highest BCUT2D eigenvalue weighted by molar-refractivity contribution is 5.95. The SMILES string of the molecule is CC1CCCC(C)(/C(O)=C/C(=O)C2(C)CCC2)C1. The highest BCUT2D eigenvalue weighted by Crippen LogP contribution is 2.45. The minimum absolute atomic E-state index is 0.130. The van der Waals surface area contributed by atoms with Gasteiger partial charge in [0.1, 0.15) is 5.76 Å². The standard InChI is InChI=1S/C16H26O2/c1-12-6-4-7-16(3,11-12)14(18)10-13(17)15(2)8-5-9-15/h10,12,18H,4-9,11H2,1-3H3/b14-10-. The molecule has 0 bridgehead atoms. The number of aliphatic hydroxyl groups excluding tert-OH is 1. The van der Waals surface area contributed by atoms with Crippen molar-refractivity contribution in [2.24, 2.45) is 16.7 Å². The van der Waals surface area contributed by atoms with Gasteiger partial charge in [0.05, 0.1) is 0 Å². The summed E-state index contributed by atoms with van der Waals surface area (Å²) in [5, 5.41) is 10.3. The van der Waals surface area contributed by atoms with E-state index >= 15 is 0 Å². The van der Waals surface area contributed by atoms with E-state index in [1.54, 1.807) is 0 Å². The Hall–Kier alpha value is -0.790. The molecule has 2 saturated carbocycles. The Balaban J connectivity index is 2.09. The molecule has 102 valence electrons. The molecule has 2 atom stereocenters. The minimum Gasteiger partial charge on any atom is -0.512 e. The molecule has 2 aliphatic carbocycles. The molecule has 2 heteroatoms. The summed E-state index contributed by atoms with van der Waals surface area (Å²) in [7, 11) is 0. The third-order valence-corrected chi connectivity index (χ3v) is 5.16. The number of ketones is 1. The van der Waals surface area contributed by atoms with Gasteiger partial charge in [0, 0.05) is 16.9 Å². The Kier molecular flexibility index (Phi) is 3.57. The lowest BCUT2D eigenvalue weighted by Crippen LogP contribution is -2.35. The molecule has 18 heavy (non-hydrogen) atoms. The summed E-state index contributed by atoms with van der Waals surface area (Å²) < 4.78 is 0. The first kappa shape index (κ1) is 13.6. The molecule has 2 fully saturated rings. The highest BCUT2D eigenvalue weighted by atomic mass is 16.3. The predicted molar refractivity (Wildman–Crippen MR) is 73.4 cm³/mol. The van der Waals surface area contributed by atoms with Crippen molar-refractivity contribution < 1.29 is 9.90 Å². The normalized spacial score (nSPS) is 35.9. The summed E-state index contributed by atoms with van der Waals surface area (Å²) in [6.45, 7) is 6.36. The van der Waals surface area contributed by atoms with Crippen molar-refractivity contribution >= 4 is 5.78 Å². The number of hydrogen-bond acceptors (Lipinski definition) is 2. The summed E-state index contributed by atoms with van der Waals surface area (Å²) in [5.41, 5.74) is -0.363. The molecule has 2 unspecified atom stereocenters. The number of allylic oxidation sites excluding steroid dienone is 2. The molecule has 0 heterocycles. The fourth-order valence-corrected chi connectivity index (χ4v) is 3.47. The van der Waals surface area contributed by atoms with Crippen LogP contribution in [-0.4, -0.2) is 10.9 Å². The Morgan fingerprint density at radius 1 is 1.17 bits per heavy atom. The van der Waals surface area contributed by atoms with Gasteiger partial charge in [-0.15, -0.1) is 0 Å².